The number of carbonyl (C=O) groups excluding carboxylic acids is 2. The van der Waals surface area contributed by atoms with Gasteiger partial charge in [-0.05, 0) is 56.0 Å². The Kier molecular flexibility index (Phi) is 9.22. The molecule has 0 unspecified atom stereocenters. The standard InChI is InChI=1S/C32H37N5O3/c1-6-40-28-19-13-11-17-26(28)33-32(39)36(20-22(2)3)21-29(38)34-31-30(25-15-8-7-9-16-25)24(5)35-37(31)27-18-12-10-14-23(27)4/h7-19,22H,6,20-21H2,1-5H3,(H,33,39)(H,34,38). The molecule has 0 radical (unpaired) electrons. The van der Waals surface area contributed by atoms with Crippen LogP contribution in [0.2, 0.25) is 0 Å². The largest absolute Gasteiger partial charge is 0.492 e. The molecule has 0 atom stereocenters. The lowest BCUT2D eigenvalue weighted by Crippen LogP contribution is -2.42. The van der Waals surface area contributed by atoms with Gasteiger partial charge in [0.1, 0.15) is 18.1 Å². The molecule has 0 spiro atoms. The van der Waals surface area contributed by atoms with E-state index in [1.165, 1.54) is 4.90 Å². The predicted octanol–water partition coefficient (Wildman–Crippen LogP) is 6.68. The van der Waals surface area contributed by atoms with Crippen LogP contribution < -0.4 is 15.4 Å². The number of hydrogen-bond acceptors (Lipinski definition) is 4. The Morgan fingerprint density at radius 1 is 0.925 bits per heavy atom. The van der Waals surface area contributed by atoms with Crippen LogP contribution in [0.25, 0.3) is 16.8 Å². The first-order valence-electron chi connectivity index (χ1n) is 13.6. The van der Waals surface area contributed by atoms with Crippen LogP contribution >= 0.6 is 0 Å². The molecule has 40 heavy (non-hydrogen) atoms. The number of nitrogens with zero attached hydrogens (tertiary/aromatic N) is 3. The van der Waals surface area contributed by atoms with E-state index >= 15 is 0 Å². The van der Waals surface area contributed by atoms with Crippen LogP contribution in [0.5, 0.6) is 5.75 Å². The van der Waals surface area contributed by atoms with Gasteiger partial charge in [-0.15, -0.1) is 0 Å². The molecule has 3 aromatic carbocycles. The highest BCUT2D eigenvalue weighted by Crippen LogP contribution is 2.34. The fraction of sp³-hybridized carbons (Fsp3) is 0.281. The zero-order valence-electron chi connectivity index (χ0n) is 23.8. The van der Waals surface area contributed by atoms with E-state index in [0.29, 0.717) is 30.4 Å². The molecule has 0 aliphatic carbocycles. The van der Waals surface area contributed by atoms with Crippen LogP contribution in [0.3, 0.4) is 0 Å². The third-order valence-electron chi connectivity index (χ3n) is 6.36. The zero-order chi connectivity index (χ0) is 28.6. The summed E-state index contributed by atoms with van der Waals surface area (Å²) < 4.78 is 7.43. The van der Waals surface area contributed by atoms with Crippen LogP contribution in [-0.2, 0) is 4.79 Å². The molecular formula is C32H37N5O3. The minimum absolute atomic E-state index is 0.132. The van der Waals surface area contributed by atoms with Crippen molar-refractivity contribution < 1.29 is 14.3 Å². The number of nitrogens with one attached hydrogen (secondary N) is 2. The van der Waals surface area contributed by atoms with Gasteiger partial charge in [0, 0.05) is 12.1 Å². The Morgan fingerprint density at radius 2 is 1.60 bits per heavy atom. The number of para-hydroxylation sites is 3. The number of ether oxygens (including phenoxy) is 1. The Bertz CT molecular complexity index is 1460. The maximum atomic E-state index is 13.6. The molecule has 0 bridgehead atoms. The van der Waals surface area contributed by atoms with Gasteiger partial charge in [-0.3, -0.25) is 4.79 Å². The summed E-state index contributed by atoms with van der Waals surface area (Å²) in [5.74, 6) is 0.980. The Hall–Kier alpha value is -4.59. The van der Waals surface area contributed by atoms with Crippen LogP contribution in [0.1, 0.15) is 32.0 Å². The molecule has 2 N–H and O–H groups in total. The smallest absolute Gasteiger partial charge is 0.322 e. The van der Waals surface area contributed by atoms with E-state index in [1.807, 2.05) is 101 Å². The summed E-state index contributed by atoms with van der Waals surface area (Å²) in [6.45, 7) is 10.6. The minimum atomic E-state index is -0.372. The minimum Gasteiger partial charge on any atom is -0.492 e. The average Bonchev–Trinajstić information content (AvgIpc) is 3.25. The van der Waals surface area contributed by atoms with Crippen molar-refractivity contribution in [1.82, 2.24) is 14.7 Å². The van der Waals surface area contributed by atoms with Crippen molar-refractivity contribution in [3.05, 3.63) is 90.1 Å². The second-order valence-corrected chi connectivity index (χ2v) is 10.1. The van der Waals surface area contributed by atoms with E-state index in [4.69, 9.17) is 9.84 Å². The van der Waals surface area contributed by atoms with Gasteiger partial charge >= 0.3 is 6.03 Å². The fourth-order valence-corrected chi connectivity index (χ4v) is 4.62. The first-order chi connectivity index (χ1) is 19.3. The van der Waals surface area contributed by atoms with Crippen molar-refractivity contribution in [3.63, 3.8) is 0 Å². The van der Waals surface area contributed by atoms with Gasteiger partial charge in [-0.25, -0.2) is 9.48 Å². The van der Waals surface area contributed by atoms with Crippen LogP contribution in [-0.4, -0.2) is 46.3 Å². The lowest BCUT2D eigenvalue weighted by Gasteiger charge is -2.25. The summed E-state index contributed by atoms with van der Waals surface area (Å²) in [5.41, 5.74) is 5.01. The third-order valence-corrected chi connectivity index (χ3v) is 6.36. The van der Waals surface area contributed by atoms with Crippen molar-refractivity contribution >= 4 is 23.4 Å². The number of benzene rings is 3. The maximum Gasteiger partial charge on any atom is 0.322 e. The monoisotopic (exact) mass is 539 g/mol. The summed E-state index contributed by atoms with van der Waals surface area (Å²) >= 11 is 0. The molecule has 8 heteroatoms. The van der Waals surface area contributed by atoms with E-state index in [9.17, 15) is 9.59 Å². The first-order valence-corrected chi connectivity index (χ1v) is 13.6. The number of anilines is 2. The highest BCUT2D eigenvalue weighted by atomic mass is 16.5. The molecule has 3 amide bonds. The van der Waals surface area contributed by atoms with E-state index in [1.54, 1.807) is 16.8 Å². The molecule has 0 aliphatic rings. The van der Waals surface area contributed by atoms with Gasteiger partial charge in [-0.2, -0.15) is 5.10 Å². The van der Waals surface area contributed by atoms with Gasteiger partial charge in [-0.1, -0.05) is 74.5 Å². The van der Waals surface area contributed by atoms with Crippen LogP contribution in [0, 0.1) is 19.8 Å². The second-order valence-electron chi connectivity index (χ2n) is 10.1. The Morgan fingerprint density at radius 3 is 2.30 bits per heavy atom. The van der Waals surface area contributed by atoms with Crippen molar-refractivity contribution in [2.75, 3.05) is 30.3 Å². The molecule has 1 aromatic heterocycles. The summed E-state index contributed by atoms with van der Waals surface area (Å²) in [5, 5.41) is 10.8. The summed E-state index contributed by atoms with van der Waals surface area (Å²) in [7, 11) is 0. The highest BCUT2D eigenvalue weighted by molar-refractivity contribution is 5.99. The van der Waals surface area contributed by atoms with Gasteiger partial charge < -0.3 is 20.3 Å². The number of rotatable bonds is 10. The average molecular weight is 540 g/mol. The fourth-order valence-electron chi connectivity index (χ4n) is 4.62. The molecule has 4 aromatic rings. The lowest BCUT2D eigenvalue weighted by molar-refractivity contribution is -0.116. The van der Waals surface area contributed by atoms with Gasteiger partial charge in [0.15, 0.2) is 0 Å². The lowest BCUT2D eigenvalue weighted by atomic mass is 10.1. The molecule has 8 nitrogen and oxygen atoms in total. The molecule has 4 rings (SSSR count). The van der Waals surface area contributed by atoms with E-state index < -0.39 is 0 Å². The topological polar surface area (TPSA) is 88.5 Å². The number of aromatic nitrogens is 2. The van der Waals surface area contributed by atoms with Crippen molar-refractivity contribution in [2.45, 2.75) is 34.6 Å². The SMILES string of the molecule is CCOc1ccccc1NC(=O)N(CC(=O)Nc1c(-c2ccccc2)c(C)nn1-c1ccccc1C)CC(C)C. The van der Waals surface area contributed by atoms with Crippen molar-refractivity contribution in [3.8, 4) is 22.6 Å². The second kappa shape index (κ2) is 13.0. The highest BCUT2D eigenvalue weighted by Gasteiger charge is 2.24. The van der Waals surface area contributed by atoms with E-state index in [-0.39, 0.29) is 24.4 Å². The van der Waals surface area contributed by atoms with Gasteiger partial charge in [0.25, 0.3) is 0 Å². The molecule has 0 fully saturated rings. The normalized spacial score (nSPS) is 10.8. The number of amides is 3. The quantitative estimate of drug-likeness (QED) is 0.235. The van der Waals surface area contributed by atoms with Crippen LogP contribution in [0.4, 0.5) is 16.3 Å². The molecular weight excluding hydrogens is 502 g/mol. The Balaban J connectivity index is 1.64. The molecule has 0 saturated carbocycles. The molecule has 0 aliphatic heterocycles. The van der Waals surface area contributed by atoms with E-state index in [2.05, 4.69) is 10.6 Å². The number of carbonyl (C=O) groups is 2. The van der Waals surface area contributed by atoms with Crippen molar-refractivity contribution in [1.29, 1.82) is 0 Å². The summed E-state index contributed by atoms with van der Waals surface area (Å²) in [4.78, 5) is 28.5. The first kappa shape index (κ1) is 28.4. The summed E-state index contributed by atoms with van der Waals surface area (Å²) in [6.07, 6.45) is 0. The predicted molar refractivity (Wildman–Crippen MR) is 160 cm³/mol. The number of urea groups is 1. The molecule has 1 heterocycles. The van der Waals surface area contributed by atoms with Crippen molar-refractivity contribution in [2.24, 2.45) is 5.92 Å². The summed E-state index contributed by atoms with van der Waals surface area (Å²) in [6, 6.07) is 24.7. The number of hydrogen-bond donors (Lipinski definition) is 2. The van der Waals surface area contributed by atoms with E-state index in [0.717, 1.165) is 28.1 Å². The van der Waals surface area contributed by atoms with Crippen LogP contribution in [0.15, 0.2) is 78.9 Å². The Labute approximate surface area is 236 Å². The maximum absolute atomic E-state index is 13.6. The molecule has 208 valence electrons. The zero-order valence-corrected chi connectivity index (χ0v) is 23.8. The molecule has 0 saturated heterocycles. The number of aryl methyl sites for hydroxylation is 2. The van der Waals surface area contributed by atoms with Gasteiger partial charge in [0.05, 0.1) is 23.7 Å². The third kappa shape index (κ3) is 6.69. The van der Waals surface area contributed by atoms with Gasteiger partial charge in [0.2, 0.25) is 5.91 Å².